The van der Waals surface area contributed by atoms with Gasteiger partial charge in [-0.2, -0.15) is 0 Å². The normalized spacial score (nSPS) is 13.1. The standard InChI is InChI=1S/C29H50O4S2/c1-4-5-6-7-8-9-10-11-12-13-14-15-16-17-18-19-20-34-29(33,28(31)32)35-23-26-21-24(2)27(30)25(3)22-26/h21-22,30,33H,4-20,23H2,1-3H3,(H,31,32). The average molecular weight is 527 g/mol. The third-order valence-electron chi connectivity index (χ3n) is 6.55. The number of rotatable bonds is 22. The van der Waals surface area contributed by atoms with Crippen molar-refractivity contribution in [1.82, 2.24) is 0 Å². The quantitative estimate of drug-likeness (QED) is 0.103. The van der Waals surface area contributed by atoms with Crippen molar-refractivity contribution in [2.45, 2.75) is 134 Å². The number of aromatic hydroxyl groups is 1. The Balaban J connectivity index is 2.06. The van der Waals surface area contributed by atoms with E-state index in [1.807, 2.05) is 26.0 Å². The van der Waals surface area contributed by atoms with Gasteiger partial charge in [-0.25, -0.2) is 4.79 Å². The third-order valence-corrected chi connectivity index (χ3v) is 9.36. The van der Waals surface area contributed by atoms with Crippen LogP contribution in [0.4, 0.5) is 0 Å². The van der Waals surface area contributed by atoms with Crippen LogP contribution in [0.1, 0.15) is 126 Å². The molecule has 0 bridgehead atoms. The van der Waals surface area contributed by atoms with Gasteiger partial charge < -0.3 is 15.3 Å². The number of aliphatic carboxylic acids is 1. The van der Waals surface area contributed by atoms with Crippen molar-refractivity contribution in [2.24, 2.45) is 0 Å². The van der Waals surface area contributed by atoms with Crippen LogP contribution in [0.2, 0.25) is 0 Å². The number of carbonyl (C=O) groups is 1. The lowest BCUT2D eigenvalue weighted by Gasteiger charge is -2.22. The van der Waals surface area contributed by atoms with Gasteiger partial charge in [-0.15, -0.1) is 11.8 Å². The maximum Gasteiger partial charge on any atom is 0.357 e. The molecule has 4 nitrogen and oxygen atoms in total. The van der Waals surface area contributed by atoms with Gasteiger partial charge in [-0.1, -0.05) is 127 Å². The molecule has 0 heterocycles. The average Bonchev–Trinajstić information content (AvgIpc) is 2.83. The van der Waals surface area contributed by atoms with E-state index in [0.29, 0.717) is 11.5 Å². The van der Waals surface area contributed by atoms with Crippen LogP contribution >= 0.6 is 23.5 Å². The van der Waals surface area contributed by atoms with Crippen LogP contribution in [-0.2, 0) is 10.5 Å². The molecule has 0 amide bonds. The summed E-state index contributed by atoms with van der Waals surface area (Å²) in [6, 6.07) is 3.69. The summed E-state index contributed by atoms with van der Waals surface area (Å²) in [6.45, 7) is 5.92. The number of phenolic OH excluding ortho intramolecular Hbond substituents is 1. The SMILES string of the molecule is CCCCCCCCCCCCCCCCCCSC(O)(SCc1cc(C)c(O)c(C)c1)C(=O)O. The van der Waals surface area contributed by atoms with Crippen LogP contribution < -0.4 is 0 Å². The van der Waals surface area contributed by atoms with Gasteiger partial charge in [-0.3, -0.25) is 0 Å². The number of aryl methyl sites for hydroxylation is 2. The second kappa shape index (κ2) is 19.3. The molecule has 0 saturated heterocycles. The molecule has 1 aromatic rings. The van der Waals surface area contributed by atoms with Gasteiger partial charge in [-0.05, 0) is 42.7 Å². The Morgan fingerprint density at radius 1 is 0.743 bits per heavy atom. The van der Waals surface area contributed by atoms with E-state index in [-0.39, 0.29) is 5.75 Å². The molecule has 3 N–H and O–H groups in total. The molecule has 202 valence electrons. The minimum Gasteiger partial charge on any atom is -0.507 e. The summed E-state index contributed by atoms with van der Waals surface area (Å²) in [5.41, 5.74) is 2.44. The fourth-order valence-electron chi connectivity index (χ4n) is 4.34. The fourth-order valence-corrected chi connectivity index (χ4v) is 6.50. The van der Waals surface area contributed by atoms with Gasteiger partial charge in [0.2, 0.25) is 0 Å². The first-order valence-electron chi connectivity index (χ1n) is 13.8. The molecular formula is C29H50O4S2. The van der Waals surface area contributed by atoms with Crippen molar-refractivity contribution in [3.05, 3.63) is 28.8 Å². The number of carboxylic acid groups (broad SMARTS) is 1. The molecule has 0 aliphatic carbocycles. The number of hydrogen-bond acceptors (Lipinski definition) is 5. The predicted molar refractivity (Wildman–Crippen MR) is 153 cm³/mol. The maximum absolute atomic E-state index is 11.7. The van der Waals surface area contributed by atoms with Gasteiger partial charge in [0.05, 0.1) is 0 Å². The molecule has 0 aliphatic heterocycles. The molecule has 1 atom stereocenters. The predicted octanol–water partition coefficient (Wildman–Crippen LogP) is 8.97. The zero-order valence-electron chi connectivity index (χ0n) is 22.4. The lowest BCUT2D eigenvalue weighted by Crippen LogP contribution is -2.31. The van der Waals surface area contributed by atoms with E-state index in [1.165, 1.54) is 89.9 Å². The monoisotopic (exact) mass is 526 g/mol. The lowest BCUT2D eigenvalue weighted by molar-refractivity contribution is -0.143. The molecule has 1 unspecified atom stereocenters. The minimum atomic E-state index is -1.84. The molecular weight excluding hydrogens is 476 g/mol. The highest BCUT2D eigenvalue weighted by Gasteiger charge is 2.37. The first kappa shape index (κ1) is 32.2. The van der Waals surface area contributed by atoms with Crippen molar-refractivity contribution in [2.75, 3.05) is 5.75 Å². The van der Waals surface area contributed by atoms with E-state index in [1.54, 1.807) is 0 Å². The summed E-state index contributed by atoms with van der Waals surface area (Å²) in [5, 5.41) is 30.1. The van der Waals surface area contributed by atoms with Crippen LogP contribution in [0.3, 0.4) is 0 Å². The van der Waals surface area contributed by atoms with Crippen LogP contribution in [0.15, 0.2) is 12.1 Å². The van der Waals surface area contributed by atoms with Crippen LogP contribution in [0.25, 0.3) is 0 Å². The summed E-state index contributed by atoms with van der Waals surface area (Å²) < 4.78 is -1.84. The first-order chi connectivity index (χ1) is 16.8. The van der Waals surface area contributed by atoms with E-state index in [0.717, 1.165) is 53.1 Å². The highest BCUT2D eigenvalue weighted by atomic mass is 32.2. The minimum absolute atomic E-state index is 0.269. The number of unbranched alkanes of at least 4 members (excludes halogenated alkanes) is 15. The molecule has 0 spiro atoms. The Morgan fingerprint density at radius 2 is 1.14 bits per heavy atom. The molecule has 0 saturated carbocycles. The number of carboxylic acids is 1. The Labute approximate surface area is 223 Å². The van der Waals surface area contributed by atoms with E-state index in [2.05, 4.69) is 6.92 Å². The summed E-state index contributed by atoms with van der Waals surface area (Å²) in [4.78, 5) is 11.7. The summed E-state index contributed by atoms with van der Waals surface area (Å²) in [5.74, 6) is 0.0971. The van der Waals surface area contributed by atoms with Gasteiger partial charge in [0.1, 0.15) is 5.75 Å². The molecule has 1 rings (SSSR count). The number of hydrogen-bond donors (Lipinski definition) is 3. The van der Waals surface area contributed by atoms with Crippen molar-refractivity contribution >= 4 is 29.5 Å². The van der Waals surface area contributed by atoms with Crippen LogP contribution in [0.5, 0.6) is 5.75 Å². The summed E-state index contributed by atoms with van der Waals surface area (Å²) in [7, 11) is 0. The smallest absolute Gasteiger partial charge is 0.357 e. The Hall–Kier alpha value is -0.850. The second-order valence-electron chi connectivity index (χ2n) is 9.91. The Morgan fingerprint density at radius 3 is 1.54 bits per heavy atom. The molecule has 1 aromatic carbocycles. The van der Waals surface area contributed by atoms with Gasteiger partial charge >= 0.3 is 5.97 Å². The zero-order chi connectivity index (χ0) is 25.9. The van der Waals surface area contributed by atoms with E-state index in [4.69, 9.17) is 0 Å². The van der Waals surface area contributed by atoms with Crippen molar-refractivity contribution in [3.63, 3.8) is 0 Å². The largest absolute Gasteiger partial charge is 0.507 e. The van der Waals surface area contributed by atoms with Crippen LogP contribution in [-0.4, -0.2) is 31.3 Å². The Bertz CT molecular complexity index is 687. The molecule has 0 fully saturated rings. The molecule has 0 aromatic heterocycles. The van der Waals surface area contributed by atoms with Crippen molar-refractivity contribution in [1.29, 1.82) is 0 Å². The molecule has 6 heteroatoms. The van der Waals surface area contributed by atoms with E-state index >= 15 is 0 Å². The Kier molecular flexibility index (Phi) is 17.7. The van der Waals surface area contributed by atoms with Crippen molar-refractivity contribution < 1.29 is 20.1 Å². The van der Waals surface area contributed by atoms with Gasteiger partial charge in [0.15, 0.2) is 0 Å². The topological polar surface area (TPSA) is 77.8 Å². The number of aliphatic hydroxyl groups is 1. The molecule has 35 heavy (non-hydrogen) atoms. The van der Waals surface area contributed by atoms with Gasteiger partial charge in [0.25, 0.3) is 4.27 Å². The third kappa shape index (κ3) is 14.5. The van der Waals surface area contributed by atoms with Crippen LogP contribution in [0, 0.1) is 13.8 Å². The molecule has 0 aliphatic rings. The summed E-state index contributed by atoms with van der Waals surface area (Å²) >= 11 is 2.15. The number of benzene rings is 1. The van der Waals surface area contributed by atoms with E-state index in [9.17, 15) is 20.1 Å². The maximum atomic E-state index is 11.7. The highest BCUT2D eigenvalue weighted by Crippen LogP contribution is 2.38. The zero-order valence-corrected chi connectivity index (χ0v) is 24.1. The van der Waals surface area contributed by atoms with E-state index < -0.39 is 10.2 Å². The van der Waals surface area contributed by atoms with Gasteiger partial charge in [0, 0.05) is 5.75 Å². The number of phenols is 1. The number of thioether (sulfide) groups is 2. The summed E-state index contributed by atoms with van der Waals surface area (Å²) in [6.07, 6.45) is 21.0. The second-order valence-corrected chi connectivity index (χ2v) is 12.6. The van der Waals surface area contributed by atoms with Crippen molar-refractivity contribution in [3.8, 4) is 5.75 Å². The lowest BCUT2D eigenvalue weighted by atomic mass is 10.0. The fraction of sp³-hybridized carbons (Fsp3) is 0.759. The first-order valence-corrected chi connectivity index (χ1v) is 15.8. The molecule has 0 radical (unpaired) electrons. The highest BCUT2D eigenvalue weighted by molar-refractivity contribution is 8.18.